The highest BCUT2D eigenvalue weighted by atomic mass is 19.1. The van der Waals surface area contributed by atoms with Crippen LogP contribution in [0.3, 0.4) is 0 Å². The average Bonchev–Trinajstić information content (AvgIpc) is 2.55. The van der Waals surface area contributed by atoms with E-state index in [2.05, 4.69) is 29.2 Å². The highest BCUT2D eigenvalue weighted by Crippen LogP contribution is 2.13. The van der Waals surface area contributed by atoms with Crippen LogP contribution in [-0.4, -0.2) is 30.8 Å². The summed E-state index contributed by atoms with van der Waals surface area (Å²) in [6, 6.07) is 20.3. The van der Waals surface area contributed by atoms with Crippen LogP contribution < -0.4 is 0 Å². The fraction of sp³-hybridized carbons (Fsp3) is 0.368. The van der Waals surface area contributed by atoms with E-state index in [1.807, 2.05) is 36.4 Å². The standard InChI is InChI=1S/C19H24FNO/c1-16(22-2)19(20)15-21(13-17-9-5-3-6-10-17)14-18-11-7-4-8-12-18/h3-12,16,19H,13-15H2,1-2H3. The summed E-state index contributed by atoms with van der Waals surface area (Å²) in [5, 5.41) is 0. The van der Waals surface area contributed by atoms with Gasteiger partial charge >= 0.3 is 0 Å². The fourth-order valence-electron chi connectivity index (χ4n) is 2.41. The van der Waals surface area contributed by atoms with E-state index in [9.17, 15) is 4.39 Å². The summed E-state index contributed by atoms with van der Waals surface area (Å²) in [7, 11) is 1.55. The molecule has 0 spiro atoms. The molecule has 2 rings (SSSR count). The van der Waals surface area contributed by atoms with Gasteiger partial charge in [0, 0.05) is 26.7 Å². The van der Waals surface area contributed by atoms with Crippen LogP contribution in [0, 0.1) is 0 Å². The lowest BCUT2D eigenvalue weighted by atomic mass is 10.1. The topological polar surface area (TPSA) is 12.5 Å². The number of hydrogen-bond donors (Lipinski definition) is 0. The smallest absolute Gasteiger partial charge is 0.138 e. The number of hydrogen-bond acceptors (Lipinski definition) is 2. The Morgan fingerprint density at radius 2 is 1.36 bits per heavy atom. The van der Waals surface area contributed by atoms with E-state index in [-0.39, 0.29) is 0 Å². The summed E-state index contributed by atoms with van der Waals surface area (Å²) in [5.74, 6) is 0. The summed E-state index contributed by atoms with van der Waals surface area (Å²) in [6.45, 7) is 3.59. The molecule has 3 heteroatoms. The van der Waals surface area contributed by atoms with Gasteiger partial charge in [-0.05, 0) is 18.1 Å². The Morgan fingerprint density at radius 3 is 1.77 bits per heavy atom. The van der Waals surface area contributed by atoms with E-state index in [0.717, 1.165) is 13.1 Å². The molecule has 2 aromatic rings. The highest BCUT2D eigenvalue weighted by Gasteiger charge is 2.20. The van der Waals surface area contributed by atoms with Crippen molar-refractivity contribution in [2.75, 3.05) is 13.7 Å². The van der Waals surface area contributed by atoms with Crippen molar-refractivity contribution in [3.8, 4) is 0 Å². The second-order valence-electron chi connectivity index (χ2n) is 5.60. The molecule has 118 valence electrons. The van der Waals surface area contributed by atoms with Crippen molar-refractivity contribution in [3.63, 3.8) is 0 Å². The first-order valence-electron chi connectivity index (χ1n) is 7.66. The van der Waals surface area contributed by atoms with Gasteiger partial charge in [-0.3, -0.25) is 4.90 Å². The third-order valence-electron chi connectivity index (χ3n) is 3.81. The molecule has 2 unspecified atom stereocenters. The van der Waals surface area contributed by atoms with E-state index >= 15 is 0 Å². The van der Waals surface area contributed by atoms with E-state index in [0.29, 0.717) is 6.54 Å². The SMILES string of the molecule is COC(C)C(F)CN(Cc1ccccc1)Cc1ccccc1. The Bertz CT molecular complexity index is 490. The van der Waals surface area contributed by atoms with E-state index < -0.39 is 12.3 Å². The molecule has 2 atom stereocenters. The number of ether oxygens (including phenoxy) is 1. The zero-order valence-electron chi connectivity index (χ0n) is 13.3. The maximum Gasteiger partial charge on any atom is 0.138 e. The van der Waals surface area contributed by atoms with Gasteiger partial charge in [0.25, 0.3) is 0 Å². The van der Waals surface area contributed by atoms with Crippen LogP contribution in [0.25, 0.3) is 0 Å². The van der Waals surface area contributed by atoms with Crippen LogP contribution >= 0.6 is 0 Å². The van der Waals surface area contributed by atoms with Crippen LogP contribution in [0.1, 0.15) is 18.1 Å². The summed E-state index contributed by atoms with van der Waals surface area (Å²) >= 11 is 0. The Labute approximate surface area is 132 Å². The van der Waals surface area contributed by atoms with Gasteiger partial charge in [0.1, 0.15) is 6.17 Å². The van der Waals surface area contributed by atoms with Gasteiger partial charge in [-0.1, -0.05) is 60.7 Å². The maximum absolute atomic E-state index is 14.3. The first kappa shape index (κ1) is 16.7. The van der Waals surface area contributed by atoms with Gasteiger partial charge in [-0.2, -0.15) is 0 Å². The minimum Gasteiger partial charge on any atom is -0.379 e. The van der Waals surface area contributed by atoms with Gasteiger partial charge in [-0.15, -0.1) is 0 Å². The van der Waals surface area contributed by atoms with Crippen LogP contribution in [0.4, 0.5) is 4.39 Å². The second-order valence-corrected chi connectivity index (χ2v) is 5.60. The van der Waals surface area contributed by atoms with Crippen molar-refractivity contribution in [3.05, 3.63) is 71.8 Å². The molecule has 22 heavy (non-hydrogen) atoms. The Balaban J connectivity index is 2.06. The minimum atomic E-state index is -1.00. The highest BCUT2D eigenvalue weighted by molar-refractivity contribution is 5.17. The van der Waals surface area contributed by atoms with Crippen molar-refractivity contribution in [1.82, 2.24) is 4.90 Å². The predicted octanol–water partition coefficient (Wildman–Crippen LogP) is 4.06. The molecular weight excluding hydrogens is 277 g/mol. The molecule has 0 aliphatic rings. The monoisotopic (exact) mass is 301 g/mol. The largest absolute Gasteiger partial charge is 0.379 e. The molecule has 0 amide bonds. The average molecular weight is 301 g/mol. The molecular formula is C19H24FNO. The molecule has 0 bridgehead atoms. The zero-order chi connectivity index (χ0) is 15.8. The lowest BCUT2D eigenvalue weighted by molar-refractivity contribution is 0.0247. The number of halogens is 1. The van der Waals surface area contributed by atoms with Crippen LogP contribution in [0.5, 0.6) is 0 Å². The predicted molar refractivity (Wildman–Crippen MR) is 88.4 cm³/mol. The van der Waals surface area contributed by atoms with Gasteiger partial charge in [0.05, 0.1) is 6.10 Å². The molecule has 0 heterocycles. The normalized spacial score (nSPS) is 14.0. The molecule has 0 radical (unpaired) electrons. The lowest BCUT2D eigenvalue weighted by Gasteiger charge is -2.26. The molecule has 0 saturated heterocycles. The summed E-state index contributed by atoms with van der Waals surface area (Å²) < 4.78 is 19.4. The van der Waals surface area contributed by atoms with Crippen molar-refractivity contribution >= 4 is 0 Å². The molecule has 0 aliphatic heterocycles. The summed E-state index contributed by atoms with van der Waals surface area (Å²) in [6.07, 6.45) is -1.40. The van der Waals surface area contributed by atoms with Crippen molar-refractivity contribution in [1.29, 1.82) is 0 Å². The Kier molecular flexibility index (Phi) is 6.56. The zero-order valence-corrected chi connectivity index (χ0v) is 13.3. The van der Waals surface area contributed by atoms with E-state index in [1.165, 1.54) is 11.1 Å². The van der Waals surface area contributed by atoms with E-state index in [4.69, 9.17) is 4.74 Å². The van der Waals surface area contributed by atoms with Crippen LogP contribution in [0.2, 0.25) is 0 Å². The quantitative estimate of drug-likeness (QED) is 0.729. The summed E-state index contributed by atoms with van der Waals surface area (Å²) in [4.78, 5) is 2.13. The van der Waals surface area contributed by atoms with E-state index in [1.54, 1.807) is 14.0 Å². The van der Waals surface area contributed by atoms with Crippen LogP contribution in [0.15, 0.2) is 60.7 Å². The number of benzene rings is 2. The third-order valence-corrected chi connectivity index (χ3v) is 3.81. The minimum absolute atomic E-state index is 0.360. The Hall–Kier alpha value is -1.71. The molecule has 2 aromatic carbocycles. The number of alkyl halides is 1. The molecule has 2 nitrogen and oxygen atoms in total. The van der Waals surface area contributed by atoms with Crippen molar-refractivity contribution in [2.45, 2.75) is 32.3 Å². The Morgan fingerprint density at radius 1 is 0.909 bits per heavy atom. The first-order valence-corrected chi connectivity index (χ1v) is 7.66. The number of rotatable bonds is 8. The fourth-order valence-corrected chi connectivity index (χ4v) is 2.41. The van der Waals surface area contributed by atoms with Gasteiger partial charge in [0.15, 0.2) is 0 Å². The molecule has 0 aromatic heterocycles. The maximum atomic E-state index is 14.3. The second kappa shape index (κ2) is 8.66. The van der Waals surface area contributed by atoms with Crippen LogP contribution in [-0.2, 0) is 17.8 Å². The third kappa shape index (κ3) is 5.24. The lowest BCUT2D eigenvalue weighted by Crippen LogP contribution is -2.35. The number of methoxy groups -OCH3 is 1. The molecule has 0 saturated carbocycles. The van der Waals surface area contributed by atoms with Gasteiger partial charge in [0.2, 0.25) is 0 Å². The first-order chi connectivity index (χ1) is 10.7. The summed E-state index contributed by atoms with van der Waals surface area (Å²) in [5.41, 5.74) is 2.38. The van der Waals surface area contributed by atoms with Gasteiger partial charge in [-0.25, -0.2) is 4.39 Å². The van der Waals surface area contributed by atoms with Crippen molar-refractivity contribution < 1.29 is 9.13 Å². The molecule has 0 fully saturated rings. The number of nitrogens with zero attached hydrogens (tertiary/aromatic N) is 1. The van der Waals surface area contributed by atoms with Crippen molar-refractivity contribution in [2.24, 2.45) is 0 Å². The molecule has 0 N–H and O–H groups in total. The molecule has 0 aliphatic carbocycles. The van der Waals surface area contributed by atoms with Gasteiger partial charge < -0.3 is 4.74 Å².